The highest BCUT2D eigenvalue weighted by molar-refractivity contribution is 7.85. The summed E-state index contributed by atoms with van der Waals surface area (Å²) in [6.07, 6.45) is 3.06. The zero-order valence-electron chi connectivity index (χ0n) is 9.17. The van der Waals surface area contributed by atoms with Gasteiger partial charge in [0.15, 0.2) is 0 Å². The molecule has 0 radical (unpaired) electrons. The van der Waals surface area contributed by atoms with E-state index in [2.05, 4.69) is 10.3 Å². The summed E-state index contributed by atoms with van der Waals surface area (Å²) in [7, 11) is -1.19. The summed E-state index contributed by atoms with van der Waals surface area (Å²) in [4.78, 5) is 13.9. The van der Waals surface area contributed by atoms with Gasteiger partial charge < -0.3 is 5.32 Å². The fraction of sp³-hybridized carbons (Fsp3) is 0.500. The lowest BCUT2D eigenvalue weighted by atomic mass is 10.2. The third-order valence-electron chi connectivity index (χ3n) is 2.69. The summed E-state index contributed by atoms with van der Waals surface area (Å²) in [5, 5.41) is 14.1. The Bertz CT molecular complexity index is 429. The van der Waals surface area contributed by atoms with Gasteiger partial charge in [-0.3, -0.25) is 14.3 Å². The minimum atomic E-state index is -1.19. The quantitative estimate of drug-likeness (QED) is 0.639. The Balaban J connectivity index is 2.10. The Kier molecular flexibility index (Phi) is 3.80. The number of hydrogen-bond acceptors (Lipinski definition) is 5. The molecule has 0 bridgehead atoms. The van der Waals surface area contributed by atoms with Gasteiger partial charge in [0.25, 0.3) is 5.69 Å². The molecule has 0 unspecified atom stereocenters. The van der Waals surface area contributed by atoms with Gasteiger partial charge in [-0.2, -0.15) is 0 Å². The van der Waals surface area contributed by atoms with Gasteiger partial charge in [0.1, 0.15) is 11.2 Å². The van der Waals surface area contributed by atoms with Crippen LogP contribution in [0.25, 0.3) is 0 Å². The van der Waals surface area contributed by atoms with Gasteiger partial charge in [0.05, 0.1) is 21.0 Å². The van der Waals surface area contributed by atoms with E-state index in [1.54, 1.807) is 0 Å². The topological polar surface area (TPSA) is 85.1 Å². The number of nitrogens with zero attached hydrogens (tertiary/aromatic N) is 2. The van der Waals surface area contributed by atoms with Gasteiger partial charge in [-0.05, 0) is 25.5 Å². The van der Waals surface area contributed by atoms with Crippen LogP contribution >= 0.6 is 0 Å². The predicted octanol–water partition coefficient (Wildman–Crippen LogP) is 0.849. The number of nitrogens with one attached hydrogen (secondary N) is 1. The standard InChI is InChI=1S/C10H13N3O3S/c14-13(15)8-3-4-10(12-6-8)17(16)9-2-1-5-11-7-9/h3-4,6,9,11H,1-2,5,7H2/t9-,17-/m1/s1. The average Bonchev–Trinajstić information content (AvgIpc) is 2.39. The van der Waals surface area contributed by atoms with E-state index in [1.807, 2.05) is 0 Å². The Morgan fingerprint density at radius 2 is 2.35 bits per heavy atom. The Morgan fingerprint density at radius 3 is 2.88 bits per heavy atom. The second kappa shape index (κ2) is 5.33. The lowest BCUT2D eigenvalue weighted by Crippen LogP contribution is -2.36. The number of rotatable bonds is 3. The Morgan fingerprint density at radius 1 is 1.53 bits per heavy atom. The molecule has 1 N–H and O–H groups in total. The molecule has 0 amide bonds. The van der Waals surface area contributed by atoms with Crippen LogP contribution in [-0.2, 0) is 10.8 Å². The van der Waals surface area contributed by atoms with Crippen molar-refractivity contribution < 1.29 is 9.13 Å². The third kappa shape index (κ3) is 2.86. The van der Waals surface area contributed by atoms with E-state index in [1.165, 1.54) is 12.1 Å². The highest BCUT2D eigenvalue weighted by Crippen LogP contribution is 2.17. The maximum Gasteiger partial charge on any atom is 0.287 e. The first-order chi connectivity index (χ1) is 8.18. The molecule has 2 atom stereocenters. The average molecular weight is 255 g/mol. The largest absolute Gasteiger partial charge is 0.316 e. The summed E-state index contributed by atoms with van der Waals surface area (Å²) in [5.41, 5.74) is -0.0764. The lowest BCUT2D eigenvalue weighted by Gasteiger charge is -2.21. The van der Waals surface area contributed by atoms with E-state index in [0.717, 1.165) is 25.6 Å². The molecule has 17 heavy (non-hydrogen) atoms. The van der Waals surface area contributed by atoms with Gasteiger partial charge in [-0.15, -0.1) is 0 Å². The molecule has 2 heterocycles. The normalized spacial score (nSPS) is 22.0. The first kappa shape index (κ1) is 12.1. The molecule has 6 nitrogen and oxygen atoms in total. The Hall–Kier alpha value is -1.34. The van der Waals surface area contributed by atoms with Crippen molar-refractivity contribution in [3.8, 4) is 0 Å². The van der Waals surface area contributed by atoms with E-state index in [0.29, 0.717) is 11.6 Å². The molecule has 1 fully saturated rings. The van der Waals surface area contributed by atoms with Crippen molar-refractivity contribution in [1.82, 2.24) is 10.3 Å². The molecule has 0 aliphatic carbocycles. The molecule has 1 aliphatic rings. The molecule has 0 spiro atoms. The van der Waals surface area contributed by atoms with E-state index < -0.39 is 15.7 Å². The SMILES string of the molecule is O=[N+]([O-])c1ccc([S@](=O)[C@@H]2CCCNC2)nc1. The highest BCUT2D eigenvalue weighted by Gasteiger charge is 2.22. The highest BCUT2D eigenvalue weighted by atomic mass is 32.2. The first-order valence-corrected chi connectivity index (χ1v) is 6.61. The molecule has 1 aromatic heterocycles. The van der Waals surface area contributed by atoms with E-state index in [-0.39, 0.29) is 10.9 Å². The van der Waals surface area contributed by atoms with Gasteiger partial charge in [-0.1, -0.05) is 0 Å². The van der Waals surface area contributed by atoms with Crippen molar-refractivity contribution in [3.63, 3.8) is 0 Å². The van der Waals surface area contributed by atoms with Crippen LogP contribution in [0.4, 0.5) is 5.69 Å². The van der Waals surface area contributed by atoms with Crippen molar-refractivity contribution in [2.75, 3.05) is 13.1 Å². The maximum absolute atomic E-state index is 12.1. The second-order valence-corrected chi connectivity index (χ2v) is 5.56. The Labute approximate surface area is 101 Å². The summed E-state index contributed by atoms with van der Waals surface area (Å²) in [6, 6.07) is 2.82. The summed E-state index contributed by atoms with van der Waals surface area (Å²) in [5.74, 6) is 0. The number of hydrogen-bond donors (Lipinski definition) is 1. The van der Waals surface area contributed by atoms with Crippen LogP contribution in [0.3, 0.4) is 0 Å². The molecule has 7 heteroatoms. The minimum absolute atomic E-state index is 0.0534. The van der Waals surface area contributed by atoms with Gasteiger partial charge in [0.2, 0.25) is 0 Å². The van der Waals surface area contributed by atoms with Crippen LogP contribution in [-0.4, -0.2) is 32.5 Å². The number of nitro groups is 1. The molecule has 1 aromatic rings. The third-order valence-corrected chi connectivity index (χ3v) is 4.35. The second-order valence-electron chi connectivity index (χ2n) is 3.88. The molecular weight excluding hydrogens is 242 g/mol. The van der Waals surface area contributed by atoms with Crippen molar-refractivity contribution in [1.29, 1.82) is 0 Å². The van der Waals surface area contributed by atoms with Gasteiger partial charge in [0, 0.05) is 12.6 Å². The molecule has 1 aliphatic heterocycles. The summed E-state index contributed by atoms with van der Waals surface area (Å²) >= 11 is 0. The van der Waals surface area contributed by atoms with Crippen LogP contribution in [0.15, 0.2) is 23.4 Å². The number of aromatic nitrogens is 1. The van der Waals surface area contributed by atoms with E-state index >= 15 is 0 Å². The number of piperidine rings is 1. The van der Waals surface area contributed by atoms with Crippen LogP contribution < -0.4 is 5.32 Å². The van der Waals surface area contributed by atoms with Crippen molar-refractivity contribution in [3.05, 3.63) is 28.4 Å². The van der Waals surface area contributed by atoms with Crippen molar-refractivity contribution >= 4 is 16.5 Å². The van der Waals surface area contributed by atoms with Gasteiger partial charge >= 0.3 is 0 Å². The van der Waals surface area contributed by atoms with Gasteiger partial charge in [-0.25, -0.2) is 4.98 Å². The lowest BCUT2D eigenvalue weighted by molar-refractivity contribution is -0.385. The molecular formula is C10H13N3O3S. The monoisotopic (exact) mass is 255 g/mol. The first-order valence-electron chi connectivity index (χ1n) is 5.40. The molecule has 0 saturated carbocycles. The van der Waals surface area contributed by atoms with Crippen LogP contribution in [0, 0.1) is 10.1 Å². The zero-order valence-corrected chi connectivity index (χ0v) is 9.98. The molecule has 1 saturated heterocycles. The molecule has 92 valence electrons. The fourth-order valence-electron chi connectivity index (χ4n) is 1.77. The molecule has 2 rings (SSSR count). The minimum Gasteiger partial charge on any atom is -0.316 e. The van der Waals surface area contributed by atoms with Crippen LogP contribution in [0.5, 0.6) is 0 Å². The van der Waals surface area contributed by atoms with Crippen LogP contribution in [0.1, 0.15) is 12.8 Å². The van der Waals surface area contributed by atoms with E-state index in [9.17, 15) is 14.3 Å². The predicted molar refractivity (Wildman–Crippen MR) is 63.2 cm³/mol. The zero-order chi connectivity index (χ0) is 12.3. The summed E-state index contributed by atoms with van der Waals surface area (Å²) in [6.45, 7) is 1.67. The van der Waals surface area contributed by atoms with Crippen LogP contribution in [0.2, 0.25) is 0 Å². The maximum atomic E-state index is 12.1. The van der Waals surface area contributed by atoms with Crippen molar-refractivity contribution in [2.24, 2.45) is 0 Å². The smallest absolute Gasteiger partial charge is 0.287 e. The summed E-state index contributed by atoms with van der Waals surface area (Å²) < 4.78 is 12.1. The van der Waals surface area contributed by atoms with E-state index in [4.69, 9.17) is 0 Å². The number of pyridine rings is 1. The fourth-order valence-corrected chi connectivity index (χ4v) is 3.12. The molecule has 0 aromatic carbocycles. The van der Waals surface area contributed by atoms with Crippen molar-refractivity contribution in [2.45, 2.75) is 23.1 Å².